The van der Waals surface area contributed by atoms with Gasteiger partial charge in [0, 0.05) is 31.1 Å². The molecule has 0 fully saturated rings. The zero-order valence-electron chi connectivity index (χ0n) is 24.4. The molecule has 0 radical (unpaired) electrons. The number of likely N-dealkylation sites (N-methyl/N-ethyl adjacent to an activating group) is 1. The Morgan fingerprint density at radius 2 is 1.58 bits per heavy atom. The van der Waals surface area contributed by atoms with Crippen LogP contribution in [0.4, 0.5) is 10.1 Å². The van der Waals surface area contributed by atoms with Crippen LogP contribution in [0.2, 0.25) is 5.02 Å². The number of carbonyl (C=O) groups excluding carboxylic acids is 2. The molecule has 0 spiro atoms. The second-order valence-electron chi connectivity index (χ2n) is 10.3. The highest BCUT2D eigenvalue weighted by molar-refractivity contribution is 7.92. The van der Waals surface area contributed by atoms with Crippen molar-refractivity contribution in [2.24, 2.45) is 0 Å². The Kier molecular flexibility index (Phi) is 9.90. The first-order valence-corrected chi connectivity index (χ1v) is 15.9. The van der Waals surface area contributed by atoms with Gasteiger partial charge in [0.1, 0.15) is 31.6 Å². The maximum atomic E-state index is 14.3. The van der Waals surface area contributed by atoms with Gasteiger partial charge >= 0.3 is 0 Å². The number of rotatable bonds is 11. The first-order valence-electron chi connectivity index (χ1n) is 14.1. The molecule has 5 rings (SSSR count). The zero-order valence-corrected chi connectivity index (χ0v) is 25.9. The maximum Gasteiger partial charge on any atom is 0.264 e. The molecule has 0 aromatic heterocycles. The van der Waals surface area contributed by atoms with E-state index in [-0.39, 0.29) is 35.9 Å². The minimum atomic E-state index is -4.41. The van der Waals surface area contributed by atoms with E-state index in [1.165, 1.54) is 42.3 Å². The number of amides is 2. The van der Waals surface area contributed by atoms with Gasteiger partial charge in [-0.25, -0.2) is 12.8 Å². The molecule has 0 aliphatic carbocycles. The molecule has 0 unspecified atom stereocenters. The molecule has 4 aromatic carbocycles. The molecule has 1 aliphatic heterocycles. The summed E-state index contributed by atoms with van der Waals surface area (Å²) in [5, 5.41) is 3.07. The molecule has 234 valence electrons. The van der Waals surface area contributed by atoms with Gasteiger partial charge in [0.2, 0.25) is 11.8 Å². The number of hydrogen-bond donors (Lipinski definition) is 1. The minimum absolute atomic E-state index is 0.0361. The second-order valence-corrected chi connectivity index (χ2v) is 12.6. The predicted octanol–water partition coefficient (Wildman–Crippen LogP) is 4.83. The molecule has 1 N–H and O–H groups in total. The maximum absolute atomic E-state index is 14.3. The smallest absolute Gasteiger partial charge is 0.264 e. The van der Waals surface area contributed by atoms with Crippen LogP contribution in [0.15, 0.2) is 102 Å². The van der Waals surface area contributed by atoms with E-state index in [4.69, 9.17) is 21.1 Å². The Bertz CT molecular complexity index is 1770. The Labute approximate surface area is 266 Å². The van der Waals surface area contributed by atoms with Crippen molar-refractivity contribution >= 4 is 39.1 Å². The number of sulfonamides is 1. The van der Waals surface area contributed by atoms with Crippen LogP contribution >= 0.6 is 11.6 Å². The molecule has 1 heterocycles. The fraction of sp³-hybridized carbons (Fsp3) is 0.212. The molecule has 0 saturated heterocycles. The summed E-state index contributed by atoms with van der Waals surface area (Å²) < 4.78 is 54.3. The number of halogens is 2. The van der Waals surface area contributed by atoms with Crippen molar-refractivity contribution < 1.29 is 31.9 Å². The van der Waals surface area contributed by atoms with Gasteiger partial charge in [-0.1, -0.05) is 54.1 Å². The number of anilines is 1. The van der Waals surface area contributed by atoms with Gasteiger partial charge < -0.3 is 19.7 Å². The van der Waals surface area contributed by atoms with Gasteiger partial charge in [0.15, 0.2) is 11.5 Å². The standard InChI is InChI=1S/C33H31ClFN3O6S/c1-36-33(40)29(19-23-6-3-2-4-7-23)37(21-24-8-5-9-25(34)18-24)32(39)22-38(27-12-10-26(35)11-13-27)45(41,42)28-14-15-30-31(20-28)44-17-16-43-30/h2-15,18,20,29H,16-17,19,21-22H2,1H3,(H,36,40)/t29-/m0/s1. The summed E-state index contributed by atoms with van der Waals surface area (Å²) in [6.07, 6.45) is 0.165. The summed E-state index contributed by atoms with van der Waals surface area (Å²) in [6.45, 7) is -0.151. The van der Waals surface area contributed by atoms with Crippen LogP contribution in [0.5, 0.6) is 11.5 Å². The third kappa shape index (κ3) is 7.55. The Morgan fingerprint density at radius 1 is 0.889 bits per heavy atom. The number of nitrogens with zero attached hydrogens (tertiary/aromatic N) is 2. The van der Waals surface area contributed by atoms with Crippen molar-refractivity contribution in [2.45, 2.75) is 23.9 Å². The highest BCUT2D eigenvalue weighted by Gasteiger charge is 2.35. The van der Waals surface area contributed by atoms with E-state index >= 15 is 0 Å². The number of hydrogen-bond acceptors (Lipinski definition) is 6. The first kappa shape index (κ1) is 31.8. The van der Waals surface area contributed by atoms with E-state index in [2.05, 4.69) is 5.32 Å². The molecule has 0 bridgehead atoms. The lowest BCUT2D eigenvalue weighted by molar-refractivity contribution is -0.139. The lowest BCUT2D eigenvalue weighted by Gasteiger charge is -2.33. The summed E-state index contributed by atoms with van der Waals surface area (Å²) in [4.78, 5) is 28.9. The molecular weight excluding hydrogens is 621 g/mol. The molecule has 0 saturated carbocycles. The Hall–Kier alpha value is -4.61. The van der Waals surface area contributed by atoms with Crippen LogP contribution in [-0.2, 0) is 32.6 Å². The molecule has 1 atom stereocenters. The van der Waals surface area contributed by atoms with Crippen LogP contribution in [-0.4, -0.2) is 58.0 Å². The molecule has 9 nitrogen and oxygen atoms in total. The third-order valence-corrected chi connectivity index (χ3v) is 9.26. The summed E-state index contributed by atoms with van der Waals surface area (Å²) in [5.74, 6) is -1.03. The number of benzene rings is 4. The summed E-state index contributed by atoms with van der Waals surface area (Å²) >= 11 is 6.24. The van der Waals surface area contributed by atoms with Crippen LogP contribution in [0.1, 0.15) is 11.1 Å². The number of carbonyl (C=O) groups is 2. The van der Waals surface area contributed by atoms with Gasteiger partial charge in [-0.15, -0.1) is 0 Å². The van der Waals surface area contributed by atoms with Gasteiger partial charge in [-0.05, 0) is 59.7 Å². The summed E-state index contributed by atoms with van der Waals surface area (Å²) in [7, 11) is -2.94. The summed E-state index contributed by atoms with van der Waals surface area (Å²) in [5.41, 5.74) is 1.50. The van der Waals surface area contributed by atoms with Crippen LogP contribution < -0.4 is 19.1 Å². The van der Waals surface area contributed by atoms with E-state index in [1.807, 2.05) is 30.3 Å². The molecule has 45 heavy (non-hydrogen) atoms. The predicted molar refractivity (Wildman–Crippen MR) is 168 cm³/mol. The molecule has 4 aromatic rings. The summed E-state index contributed by atoms with van der Waals surface area (Å²) in [6, 6.07) is 24.0. The van der Waals surface area contributed by atoms with E-state index in [1.54, 1.807) is 24.3 Å². The Morgan fingerprint density at radius 3 is 2.27 bits per heavy atom. The van der Waals surface area contributed by atoms with Crippen molar-refractivity contribution in [1.82, 2.24) is 10.2 Å². The average Bonchev–Trinajstić information content (AvgIpc) is 3.05. The Balaban J connectivity index is 1.56. The largest absolute Gasteiger partial charge is 0.486 e. The minimum Gasteiger partial charge on any atom is -0.486 e. The zero-order chi connectivity index (χ0) is 32.0. The average molecular weight is 652 g/mol. The normalized spacial score (nSPS) is 13.0. The molecule has 2 amide bonds. The van der Waals surface area contributed by atoms with Gasteiger partial charge in [-0.3, -0.25) is 13.9 Å². The van der Waals surface area contributed by atoms with Gasteiger partial charge in [0.05, 0.1) is 10.6 Å². The van der Waals surface area contributed by atoms with Crippen molar-refractivity contribution in [3.8, 4) is 11.5 Å². The number of ether oxygens (including phenoxy) is 2. The van der Waals surface area contributed by atoms with Crippen molar-refractivity contribution in [2.75, 3.05) is 31.1 Å². The van der Waals surface area contributed by atoms with E-state index in [0.717, 1.165) is 22.0 Å². The fourth-order valence-electron chi connectivity index (χ4n) is 5.00. The fourth-order valence-corrected chi connectivity index (χ4v) is 6.64. The quantitative estimate of drug-likeness (QED) is 0.249. The lowest BCUT2D eigenvalue weighted by atomic mass is 10.0. The van der Waals surface area contributed by atoms with Crippen molar-refractivity contribution in [3.05, 3.63) is 119 Å². The van der Waals surface area contributed by atoms with Crippen LogP contribution in [0, 0.1) is 5.82 Å². The van der Waals surface area contributed by atoms with E-state index in [0.29, 0.717) is 22.9 Å². The SMILES string of the molecule is CNC(=O)[C@H](Cc1ccccc1)N(Cc1cccc(Cl)c1)C(=O)CN(c1ccc(F)cc1)S(=O)(=O)c1ccc2c(c1)OCCO2. The van der Waals surface area contributed by atoms with Gasteiger partial charge in [-0.2, -0.15) is 0 Å². The van der Waals surface area contributed by atoms with Crippen LogP contribution in [0.3, 0.4) is 0 Å². The monoisotopic (exact) mass is 651 g/mol. The van der Waals surface area contributed by atoms with E-state index in [9.17, 15) is 22.4 Å². The third-order valence-electron chi connectivity index (χ3n) is 7.25. The first-order chi connectivity index (χ1) is 21.7. The van der Waals surface area contributed by atoms with Crippen molar-refractivity contribution in [3.63, 3.8) is 0 Å². The molecular formula is C33H31ClFN3O6S. The molecule has 1 aliphatic rings. The van der Waals surface area contributed by atoms with E-state index < -0.39 is 40.2 Å². The second kappa shape index (κ2) is 14.0. The topological polar surface area (TPSA) is 105 Å². The highest BCUT2D eigenvalue weighted by atomic mass is 35.5. The lowest BCUT2D eigenvalue weighted by Crippen LogP contribution is -2.53. The highest BCUT2D eigenvalue weighted by Crippen LogP contribution is 2.34. The van der Waals surface area contributed by atoms with Gasteiger partial charge in [0.25, 0.3) is 10.0 Å². The van der Waals surface area contributed by atoms with Crippen LogP contribution in [0.25, 0.3) is 0 Å². The van der Waals surface area contributed by atoms with Crippen molar-refractivity contribution in [1.29, 1.82) is 0 Å². The number of fused-ring (bicyclic) bond motifs is 1. The number of nitrogens with one attached hydrogen (secondary N) is 1. The molecule has 12 heteroatoms.